The van der Waals surface area contributed by atoms with Gasteiger partial charge in [0, 0.05) is 38.6 Å². The quantitative estimate of drug-likeness (QED) is 0.882. The molecule has 2 heterocycles. The molecular formula is C14H16N4O. The van der Waals surface area contributed by atoms with Crippen LogP contribution in [0, 0.1) is 11.3 Å². The second kappa shape index (κ2) is 6.03. The largest absolute Gasteiger partial charge is 0.481 e. The fourth-order valence-electron chi connectivity index (χ4n) is 1.83. The first-order valence-corrected chi connectivity index (χ1v) is 5.98. The summed E-state index contributed by atoms with van der Waals surface area (Å²) in [4.78, 5) is 4.14. The van der Waals surface area contributed by atoms with Crippen molar-refractivity contribution < 1.29 is 4.74 Å². The van der Waals surface area contributed by atoms with Gasteiger partial charge in [0.25, 0.3) is 0 Å². The number of methoxy groups -OCH3 is 1. The molecule has 98 valence electrons. The van der Waals surface area contributed by atoms with Crippen molar-refractivity contribution in [3.05, 3.63) is 47.4 Å². The van der Waals surface area contributed by atoms with Crippen molar-refractivity contribution in [1.82, 2.24) is 14.9 Å². The maximum absolute atomic E-state index is 8.87. The fraction of sp³-hybridized carbons (Fsp3) is 0.286. The molecule has 0 saturated carbocycles. The number of hydrogen-bond acceptors (Lipinski definition) is 4. The van der Waals surface area contributed by atoms with E-state index in [2.05, 4.69) is 16.4 Å². The predicted molar refractivity (Wildman–Crippen MR) is 71.5 cm³/mol. The smallest absolute Gasteiger partial charge is 0.212 e. The van der Waals surface area contributed by atoms with Crippen molar-refractivity contribution in [2.24, 2.45) is 7.05 Å². The maximum Gasteiger partial charge on any atom is 0.212 e. The molecule has 0 bridgehead atoms. The Morgan fingerprint density at radius 1 is 1.37 bits per heavy atom. The molecule has 2 rings (SSSR count). The van der Waals surface area contributed by atoms with Gasteiger partial charge in [0.2, 0.25) is 5.88 Å². The van der Waals surface area contributed by atoms with Crippen LogP contribution in [0.15, 0.2) is 30.6 Å². The minimum absolute atomic E-state index is 0.616. The topological polar surface area (TPSA) is 62.9 Å². The molecule has 0 aliphatic heterocycles. The van der Waals surface area contributed by atoms with Crippen LogP contribution < -0.4 is 10.1 Å². The molecule has 0 saturated heterocycles. The first-order chi connectivity index (χ1) is 9.22. The second-order valence-electron chi connectivity index (χ2n) is 4.27. The Bertz CT molecular complexity index is 580. The van der Waals surface area contributed by atoms with Crippen molar-refractivity contribution >= 4 is 0 Å². The molecule has 0 unspecified atom stereocenters. The van der Waals surface area contributed by atoms with Crippen LogP contribution in [-0.4, -0.2) is 16.7 Å². The number of aryl methyl sites for hydroxylation is 1. The van der Waals surface area contributed by atoms with Crippen LogP contribution in [0.4, 0.5) is 0 Å². The van der Waals surface area contributed by atoms with Gasteiger partial charge >= 0.3 is 0 Å². The summed E-state index contributed by atoms with van der Waals surface area (Å²) in [7, 11) is 3.47. The molecule has 19 heavy (non-hydrogen) atoms. The number of nitrogens with one attached hydrogen (secondary N) is 1. The molecule has 1 N–H and O–H groups in total. The Morgan fingerprint density at radius 3 is 2.74 bits per heavy atom. The van der Waals surface area contributed by atoms with E-state index < -0.39 is 0 Å². The van der Waals surface area contributed by atoms with E-state index in [1.165, 1.54) is 0 Å². The molecule has 0 atom stereocenters. The maximum atomic E-state index is 8.87. The highest BCUT2D eigenvalue weighted by atomic mass is 16.5. The third-order valence-electron chi connectivity index (χ3n) is 2.84. The standard InChI is InChI=1S/C14H16N4O/c1-18-10-12(5-13(18)6-15)8-16-7-11-3-4-14(19-2)17-9-11/h3-5,9-10,16H,7-8H2,1-2H3. The van der Waals surface area contributed by atoms with Crippen molar-refractivity contribution in [3.63, 3.8) is 0 Å². The Kier molecular flexibility index (Phi) is 4.16. The van der Waals surface area contributed by atoms with Gasteiger partial charge in [0.15, 0.2) is 0 Å². The van der Waals surface area contributed by atoms with E-state index in [0.29, 0.717) is 11.6 Å². The molecule has 0 aliphatic carbocycles. The average molecular weight is 256 g/mol. The number of rotatable bonds is 5. The van der Waals surface area contributed by atoms with Crippen LogP contribution in [-0.2, 0) is 20.1 Å². The van der Waals surface area contributed by atoms with Gasteiger partial charge in [-0.15, -0.1) is 0 Å². The first kappa shape index (κ1) is 13.1. The second-order valence-corrected chi connectivity index (χ2v) is 4.27. The SMILES string of the molecule is COc1ccc(CNCc2cc(C#N)n(C)c2)cn1. The molecule has 0 spiro atoms. The van der Waals surface area contributed by atoms with Gasteiger partial charge < -0.3 is 14.6 Å². The van der Waals surface area contributed by atoms with E-state index >= 15 is 0 Å². The Balaban J connectivity index is 1.87. The molecule has 0 amide bonds. The highest BCUT2D eigenvalue weighted by Crippen LogP contribution is 2.08. The molecule has 5 nitrogen and oxygen atoms in total. The predicted octanol–water partition coefficient (Wildman–Crippen LogP) is 1.59. The lowest BCUT2D eigenvalue weighted by atomic mass is 10.2. The molecule has 0 radical (unpaired) electrons. The lowest BCUT2D eigenvalue weighted by molar-refractivity contribution is 0.397. The minimum Gasteiger partial charge on any atom is -0.481 e. The number of pyridine rings is 1. The van der Waals surface area contributed by atoms with E-state index in [9.17, 15) is 0 Å². The Hall–Kier alpha value is -2.32. The molecule has 0 fully saturated rings. The molecule has 2 aromatic rings. The number of ether oxygens (including phenoxy) is 1. The van der Waals surface area contributed by atoms with Crippen molar-refractivity contribution in [3.8, 4) is 11.9 Å². The zero-order valence-corrected chi connectivity index (χ0v) is 11.1. The zero-order chi connectivity index (χ0) is 13.7. The highest BCUT2D eigenvalue weighted by Gasteiger charge is 2.02. The average Bonchev–Trinajstić information content (AvgIpc) is 2.80. The zero-order valence-electron chi connectivity index (χ0n) is 11.1. The summed E-state index contributed by atoms with van der Waals surface area (Å²) in [5, 5.41) is 12.2. The van der Waals surface area contributed by atoms with Crippen LogP contribution in [0.1, 0.15) is 16.8 Å². The van der Waals surface area contributed by atoms with Gasteiger partial charge in [-0.05, 0) is 17.2 Å². The number of nitriles is 1. The van der Waals surface area contributed by atoms with Crippen molar-refractivity contribution in [2.45, 2.75) is 13.1 Å². The Labute approximate surface area is 112 Å². The molecule has 0 aliphatic rings. The van der Waals surface area contributed by atoms with E-state index in [0.717, 1.165) is 24.2 Å². The summed E-state index contributed by atoms with van der Waals surface area (Å²) in [6.45, 7) is 1.45. The minimum atomic E-state index is 0.616. The first-order valence-electron chi connectivity index (χ1n) is 5.98. The molecule has 0 aromatic carbocycles. The Morgan fingerprint density at radius 2 is 2.16 bits per heavy atom. The summed E-state index contributed by atoms with van der Waals surface area (Å²) in [6.07, 6.45) is 3.75. The highest BCUT2D eigenvalue weighted by molar-refractivity contribution is 5.28. The van der Waals surface area contributed by atoms with Crippen LogP contribution in [0.3, 0.4) is 0 Å². The molecule has 2 aromatic heterocycles. The van der Waals surface area contributed by atoms with Crippen LogP contribution in [0.5, 0.6) is 5.88 Å². The number of nitrogens with zero attached hydrogens (tertiary/aromatic N) is 3. The van der Waals surface area contributed by atoms with E-state index in [1.54, 1.807) is 13.3 Å². The summed E-state index contributed by atoms with van der Waals surface area (Å²) in [5.74, 6) is 0.616. The van der Waals surface area contributed by atoms with Gasteiger partial charge in [0.1, 0.15) is 11.8 Å². The van der Waals surface area contributed by atoms with Gasteiger partial charge in [-0.25, -0.2) is 4.98 Å². The van der Waals surface area contributed by atoms with Crippen LogP contribution in [0.2, 0.25) is 0 Å². The van der Waals surface area contributed by atoms with Crippen LogP contribution in [0.25, 0.3) is 0 Å². The van der Waals surface area contributed by atoms with E-state index in [1.807, 2.05) is 36.0 Å². The normalized spacial score (nSPS) is 10.2. The monoisotopic (exact) mass is 256 g/mol. The third kappa shape index (κ3) is 3.33. The van der Waals surface area contributed by atoms with Crippen molar-refractivity contribution in [1.29, 1.82) is 5.26 Å². The van der Waals surface area contributed by atoms with Crippen LogP contribution >= 0.6 is 0 Å². The molecular weight excluding hydrogens is 240 g/mol. The summed E-state index contributed by atoms with van der Waals surface area (Å²) >= 11 is 0. The number of hydrogen-bond donors (Lipinski definition) is 1. The van der Waals surface area contributed by atoms with Gasteiger partial charge in [-0.2, -0.15) is 5.26 Å². The van der Waals surface area contributed by atoms with Crippen molar-refractivity contribution in [2.75, 3.05) is 7.11 Å². The van der Waals surface area contributed by atoms with Gasteiger partial charge in [-0.3, -0.25) is 0 Å². The van der Waals surface area contributed by atoms with E-state index in [4.69, 9.17) is 10.00 Å². The third-order valence-corrected chi connectivity index (χ3v) is 2.84. The number of aromatic nitrogens is 2. The molecule has 5 heteroatoms. The van der Waals surface area contributed by atoms with Gasteiger partial charge in [-0.1, -0.05) is 6.07 Å². The van der Waals surface area contributed by atoms with E-state index in [-0.39, 0.29) is 0 Å². The lowest BCUT2D eigenvalue weighted by Gasteiger charge is -2.04. The van der Waals surface area contributed by atoms with Gasteiger partial charge in [0.05, 0.1) is 7.11 Å². The summed E-state index contributed by atoms with van der Waals surface area (Å²) in [6, 6.07) is 7.85. The summed E-state index contributed by atoms with van der Waals surface area (Å²) < 4.78 is 6.83. The summed E-state index contributed by atoms with van der Waals surface area (Å²) in [5.41, 5.74) is 2.86. The fourth-order valence-corrected chi connectivity index (χ4v) is 1.83. The lowest BCUT2D eigenvalue weighted by Crippen LogP contribution is -2.12.